The van der Waals surface area contributed by atoms with E-state index in [1.165, 1.54) is 19.3 Å². The highest BCUT2D eigenvalue weighted by Crippen LogP contribution is 2.24. The Bertz CT molecular complexity index is 909. The normalized spacial score (nSPS) is 14.3. The lowest BCUT2D eigenvalue weighted by molar-refractivity contribution is 0.0927. The van der Waals surface area contributed by atoms with Crippen molar-refractivity contribution in [3.05, 3.63) is 47.2 Å². The smallest absolute Gasteiger partial charge is 0.287 e. The van der Waals surface area contributed by atoms with Crippen molar-refractivity contribution in [2.75, 3.05) is 6.54 Å². The number of carbonyl (C=O) groups excluding carboxylic acids is 1. The molecule has 0 atom stereocenters. The van der Waals surface area contributed by atoms with Gasteiger partial charge in [-0.3, -0.25) is 4.79 Å². The first kappa shape index (κ1) is 15.9. The van der Waals surface area contributed by atoms with Gasteiger partial charge in [-0.15, -0.1) is 10.2 Å². The highest BCUT2D eigenvalue weighted by atomic mass is 16.3. The lowest BCUT2D eigenvalue weighted by Crippen LogP contribution is -2.26. The van der Waals surface area contributed by atoms with Crippen LogP contribution >= 0.6 is 0 Å². The molecule has 0 spiro atoms. The summed E-state index contributed by atoms with van der Waals surface area (Å²) in [4.78, 5) is 12.5. The van der Waals surface area contributed by atoms with Crippen LogP contribution in [0.15, 0.2) is 28.7 Å². The number of benzene rings is 1. The van der Waals surface area contributed by atoms with E-state index in [0.717, 1.165) is 41.1 Å². The predicted octanol–water partition coefficient (Wildman–Crippen LogP) is 3.03. The molecular formula is C19H22N4O2. The molecule has 0 aliphatic carbocycles. The van der Waals surface area contributed by atoms with E-state index in [-0.39, 0.29) is 5.91 Å². The number of nitrogens with one attached hydrogen (secondary N) is 1. The zero-order chi connectivity index (χ0) is 17.2. The maximum Gasteiger partial charge on any atom is 0.287 e. The summed E-state index contributed by atoms with van der Waals surface area (Å²) in [5.41, 5.74) is 1.62. The van der Waals surface area contributed by atoms with Crippen molar-refractivity contribution in [1.29, 1.82) is 0 Å². The average molecular weight is 338 g/mol. The average Bonchev–Trinajstić information content (AvgIpc) is 3.07. The minimum absolute atomic E-state index is 0.177. The van der Waals surface area contributed by atoms with Crippen LogP contribution in [-0.4, -0.2) is 27.2 Å². The van der Waals surface area contributed by atoms with Crippen LogP contribution < -0.4 is 5.32 Å². The molecule has 1 aromatic carbocycles. The van der Waals surface area contributed by atoms with E-state index in [4.69, 9.17) is 4.42 Å². The van der Waals surface area contributed by atoms with E-state index in [9.17, 15) is 4.79 Å². The number of amides is 1. The van der Waals surface area contributed by atoms with Crippen LogP contribution in [0.4, 0.5) is 0 Å². The van der Waals surface area contributed by atoms with Gasteiger partial charge in [-0.2, -0.15) is 0 Å². The first-order valence-electron chi connectivity index (χ1n) is 8.91. The second-order valence-corrected chi connectivity index (χ2v) is 6.55. The number of hydrogen-bond donors (Lipinski definition) is 1. The lowest BCUT2D eigenvalue weighted by atomic mass is 10.1. The molecule has 0 fully saturated rings. The molecule has 0 radical (unpaired) electrons. The van der Waals surface area contributed by atoms with Gasteiger partial charge in [-0.1, -0.05) is 24.6 Å². The third-order valence-electron chi connectivity index (χ3n) is 4.87. The zero-order valence-corrected chi connectivity index (χ0v) is 14.4. The molecule has 0 bridgehead atoms. The summed E-state index contributed by atoms with van der Waals surface area (Å²) in [5.74, 6) is 2.25. The van der Waals surface area contributed by atoms with Crippen molar-refractivity contribution in [2.24, 2.45) is 0 Å². The van der Waals surface area contributed by atoms with E-state index >= 15 is 0 Å². The Kier molecular flexibility index (Phi) is 4.26. The molecule has 6 nitrogen and oxygen atoms in total. The van der Waals surface area contributed by atoms with Crippen LogP contribution in [0.3, 0.4) is 0 Å². The van der Waals surface area contributed by atoms with Gasteiger partial charge in [-0.05, 0) is 25.8 Å². The molecular weight excluding hydrogens is 316 g/mol. The number of aryl methyl sites for hydroxylation is 2. The monoisotopic (exact) mass is 338 g/mol. The number of fused-ring (bicyclic) bond motifs is 2. The van der Waals surface area contributed by atoms with Gasteiger partial charge >= 0.3 is 0 Å². The van der Waals surface area contributed by atoms with Gasteiger partial charge in [0.15, 0.2) is 5.76 Å². The van der Waals surface area contributed by atoms with Crippen molar-refractivity contribution in [2.45, 2.75) is 45.6 Å². The largest absolute Gasteiger partial charge is 0.451 e. The van der Waals surface area contributed by atoms with E-state index in [1.54, 1.807) is 0 Å². The van der Waals surface area contributed by atoms with Crippen molar-refractivity contribution in [3.8, 4) is 0 Å². The molecule has 0 saturated heterocycles. The van der Waals surface area contributed by atoms with Gasteiger partial charge in [0.1, 0.15) is 17.2 Å². The Morgan fingerprint density at radius 1 is 1.24 bits per heavy atom. The van der Waals surface area contributed by atoms with Gasteiger partial charge in [-0.25, -0.2) is 0 Å². The first-order chi connectivity index (χ1) is 12.2. The molecule has 1 aliphatic rings. The second kappa shape index (κ2) is 6.70. The Morgan fingerprint density at radius 3 is 3.00 bits per heavy atom. The summed E-state index contributed by atoms with van der Waals surface area (Å²) in [6.07, 6.45) is 5.27. The number of carbonyl (C=O) groups is 1. The molecule has 1 aliphatic heterocycles. The molecule has 3 aromatic rings. The molecule has 6 heteroatoms. The molecule has 130 valence electrons. The van der Waals surface area contributed by atoms with Crippen LogP contribution in [0.5, 0.6) is 0 Å². The van der Waals surface area contributed by atoms with Crippen molar-refractivity contribution >= 4 is 16.9 Å². The van der Waals surface area contributed by atoms with E-state index < -0.39 is 0 Å². The van der Waals surface area contributed by atoms with Gasteiger partial charge in [0, 0.05) is 36.9 Å². The summed E-state index contributed by atoms with van der Waals surface area (Å²) in [7, 11) is 0. The fourth-order valence-electron chi connectivity index (χ4n) is 3.49. The predicted molar refractivity (Wildman–Crippen MR) is 94.6 cm³/mol. The fraction of sp³-hybridized carbons (Fsp3) is 0.421. The van der Waals surface area contributed by atoms with Crippen LogP contribution in [0, 0.1) is 6.92 Å². The zero-order valence-electron chi connectivity index (χ0n) is 14.4. The lowest BCUT2D eigenvalue weighted by Gasteiger charge is -2.07. The van der Waals surface area contributed by atoms with E-state index in [1.807, 2.05) is 31.2 Å². The molecule has 3 heterocycles. The molecule has 0 unspecified atom stereocenters. The third-order valence-corrected chi connectivity index (χ3v) is 4.87. The molecule has 25 heavy (non-hydrogen) atoms. The molecule has 0 saturated carbocycles. The minimum atomic E-state index is -0.177. The Morgan fingerprint density at radius 2 is 2.12 bits per heavy atom. The minimum Gasteiger partial charge on any atom is -0.451 e. The van der Waals surface area contributed by atoms with Crippen molar-refractivity contribution < 1.29 is 9.21 Å². The van der Waals surface area contributed by atoms with Gasteiger partial charge in [0.2, 0.25) is 0 Å². The summed E-state index contributed by atoms with van der Waals surface area (Å²) < 4.78 is 7.92. The number of rotatable bonds is 4. The maximum atomic E-state index is 12.5. The third kappa shape index (κ3) is 3.04. The molecule has 4 rings (SSSR count). The summed E-state index contributed by atoms with van der Waals surface area (Å²) in [5, 5.41) is 12.5. The van der Waals surface area contributed by atoms with E-state index in [2.05, 4.69) is 20.1 Å². The fourth-order valence-corrected chi connectivity index (χ4v) is 3.49. The van der Waals surface area contributed by atoms with Crippen LogP contribution in [-0.2, 0) is 19.4 Å². The number of furan rings is 1. The highest BCUT2D eigenvalue weighted by Gasteiger charge is 2.18. The van der Waals surface area contributed by atoms with Crippen molar-refractivity contribution in [3.63, 3.8) is 0 Å². The summed E-state index contributed by atoms with van der Waals surface area (Å²) in [6, 6.07) is 7.70. The molecule has 1 N–H and O–H groups in total. The van der Waals surface area contributed by atoms with E-state index in [0.29, 0.717) is 18.7 Å². The van der Waals surface area contributed by atoms with Gasteiger partial charge < -0.3 is 14.3 Å². The number of nitrogens with zero attached hydrogens (tertiary/aromatic N) is 3. The van der Waals surface area contributed by atoms with Crippen molar-refractivity contribution in [1.82, 2.24) is 20.1 Å². The Labute approximate surface area is 146 Å². The van der Waals surface area contributed by atoms with Crippen LogP contribution in [0.2, 0.25) is 0 Å². The number of para-hydroxylation sites is 1. The van der Waals surface area contributed by atoms with Gasteiger partial charge in [0.25, 0.3) is 5.91 Å². The van der Waals surface area contributed by atoms with Crippen LogP contribution in [0.25, 0.3) is 11.0 Å². The van der Waals surface area contributed by atoms with Gasteiger partial charge in [0.05, 0.1) is 0 Å². The second-order valence-electron chi connectivity index (χ2n) is 6.55. The highest BCUT2D eigenvalue weighted by molar-refractivity contribution is 5.98. The number of aromatic nitrogens is 3. The Balaban J connectivity index is 1.42. The first-order valence-corrected chi connectivity index (χ1v) is 8.91. The molecule has 2 aromatic heterocycles. The quantitative estimate of drug-likeness (QED) is 0.793. The summed E-state index contributed by atoms with van der Waals surface area (Å²) >= 11 is 0. The standard InChI is InChI=1S/C19H22N4O2/c1-13-14-7-4-5-8-15(14)25-18(13)19(24)20-11-10-17-22-21-16-9-3-2-6-12-23(16)17/h4-5,7-8H,2-3,6,9-12H2,1H3,(H,20,24). The maximum absolute atomic E-state index is 12.5. The SMILES string of the molecule is Cc1c(C(=O)NCCc2nnc3n2CCCCC3)oc2ccccc12. The topological polar surface area (TPSA) is 73.0 Å². The van der Waals surface area contributed by atoms with Crippen LogP contribution in [0.1, 0.15) is 47.0 Å². The molecule has 1 amide bonds. The summed E-state index contributed by atoms with van der Waals surface area (Å²) in [6.45, 7) is 3.42. The Hall–Kier alpha value is -2.63. The number of hydrogen-bond acceptors (Lipinski definition) is 4.